The van der Waals surface area contributed by atoms with Crippen molar-refractivity contribution in [3.63, 3.8) is 0 Å². The molecule has 4 atom stereocenters. The molecule has 2 fully saturated rings. The Balaban J connectivity index is 1.76. The first-order valence-corrected chi connectivity index (χ1v) is 7.26. The third-order valence-electron chi connectivity index (χ3n) is 3.14. The minimum absolute atomic E-state index is 0.0725. The first-order valence-electron chi connectivity index (χ1n) is 7.26. The molecule has 0 aliphatic carbocycles. The highest BCUT2D eigenvalue weighted by Gasteiger charge is 2.34. The Labute approximate surface area is 137 Å². The predicted octanol–water partition coefficient (Wildman–Crippen LogP) is 0.588. The summed E-state index contributed by atoms with van der Waals surface area (Å²) in [5, 5.41) is 0. The molecule has 9 heteroatoms. The van der Waals surface area contributed by atoms with Crippen molar-refractivity contribution in [2.75, 3.05) is 13.2 Å². The van der Waals surface area contributed by atoms with Gasteiger partial charge in [-0.2, -0.15) is 0 Å². The first kappa shape index (κ1) is 17.6. The van der Waals surface area contributed by atoms with E-state index in [1.54, 1.807) is 13.8 Å². The van der Waals surface area contributed by atoms with Crippen molar-refractivity contribution in [1.29, 1.82) is 0 Å². The molecule has 2 rings (SSSR count). The van der Waals surface area contributed by atoms with Crippen LogP contribution in [-0.2, 0) is 33.3 Å². The molecule has 9 nitrogen and oxygen atoms in total. The summed E-state index contributed by atoms with van der Waals surface area (Å²) in [6.07, 6.45) is -4.43. The second kappa shape index (κ2) is 7.68. The Morgan fingerprint density at radius 3 is 2.21 bits per heavy atom. The summed E-state index contributed by atoms with van der Waals surface area (Å²) in [6, 6.07) is 0. The summed E-state index contributed by atoms with van der Waals surface area (Å²) in [6.45, 7) is 2.98. The first-order chi connectivity index (χ1) is 11.3. The van der Waals surface area contributed by atoms with Gasteiger partial charge in [-0.15, -0.1) is 0 Å². The van der Waals surface area contributed by atoms with E-state index in [4.69, 9.17) is 4.74 Å². The Hall–Kier alpha value is -2.76. The smallest absolute Gasteiger partial charge is 0.447 e. The number of ketones is 1. The zero-order valence-corrected chi connectivity index (χ0v) is 13.1. The van der Waals surface area contributed by atoms with Crippen LogP contribution in [0.2, 0.25) is 0 Å². The fourth-order valence-corrected chi connectivity index (χ4v) is 1.95. The minimum atomic E-state index is -1.09. The number of hydrogen-bond acceptors (Lipinski definition) is 9. The molecule has 0 amide bonds. The number of hydrogen-bond donors (Lipinski definition) is 0. The molecule has 0 aromatic heterocycles. The van der Waals surface area contributed by atoms with Crippen LogP contribution in [0.25, 0.3) is 0 Å². The zero-order chi connectivity index (χ0) is 17.7. The molecule has 0 spiro atoms. The van der Waals surface area contributed by atoms with Crippen LogP contribution in [0.5, 0.6) is 0 Å². The SMILES string of the molecule is CC(C#CC(C)OC(=O)C1COC(=O)O1)CC(=O)C1COC(=O)O1. The van der Waals surface area contributed by atoms with Crippen LogP contribution >= 0.6 is 0 Å². The van der Waals surface area contributed by atoms with E-state index in [0.717, 1.165) is 0 Å². The maximum atomic E-state index is 11.9. The minimum Gasteiger partial charge on any atom is -0.447 e. The lowest BCUT2D eigenvalue weighted by Gasteiger charge is -2.10. The molecule has 0 aromatic carbocycles. The van der Waals surface area contributed by atoms with Crippen molar-refractivity contribution < 1.29 is 42.9 Å². The molecule has 24 heavy (non-hydrogen) atoms. The van der Waals surface area contributed by atoms with Gasteiger partial charge in [0.15, 0.2) is 18.0 Å². The Morgan fingerprint density at radius 2 is 1.67 bits per heavy atom. The van der Waals surface area contributed by atoms with Crippen molar-refractivity contribution in [2.45, 2.75) is 38.6 Å². The van der Waals surface area contributed by atoms with E-state index in [1.807, 2.05) is 0 Å². The molecule has 130 valence electrons. The molecule has 2 heterocycles. The highest BCUT2D eigenvalue weighted by atomic mass is 16.8. The summed E-state index contributed by atoms with van der Waals surface area (Å²) in [5.74, 6) is 4.11. The van der Waals surface area contributed by atoms with Crippen molar-refractivity contribution in [3.8, 4) is 11.8 Å². The maximum Gasteiger partial charge on any atom is 0.509 e. The zero-order valence-electron chi connectivity index (χ0n) is 13.1. The van der Waals surface area contributed by atoms with Gasteiger partial charge in [-0.1, -0.05) is 18.8 Å². The van der Waals surface area contributed by atoms with E-state index in [-0.39, 0.29) is 31.3 Å². The average molecular weight is 340 g/mol. The van der Waals surface area contributed by atoms with E-state index in [9.17, 15) is 19.2 Å². The van der Waals surface area contributed by atoms with E-state index in [1.165, 1.54) is 0 Å². The molecule has 0 N–H and O–H groups in total. The number of rotatable bonds is 5. The standard InChI is InChI=1S/C15H16O9/c1-8(5-10(16)11-6-20-14(18)23-11)3-4-9(2)22-13(17)12-7-21-15(19)24-12/h8-9,11-12H,5-7H2,1-2H3. The summed E-state index contributed by atoms with van der Waals surface area (Å²) in [5.41, 5.74) is 0. The molecule has 4 unspecified atom stereocenters. The Morgan fingerprint density at radius 1 is 1.08 bits per heavy atom. The summed E-state index contributed by atoms with van der Waals surface area (Å²) < 4.78 is 23.3. The summed E-state index contributed by atoms with van der Waals surface area (Å²) >= 11 is 0. The molecule has 2 aliphatic heterocycles. The van der Waals surface area contributed by atoms with Crippen LogP contribution in [0.15, 0.2) is 0 Å². The number of carbonyl (C=O) groups excluding carboxylic acids is 4. The number of ether oxygens (including phenoxy) is 5. The predicted molar refractivity (Wildman–Crippen MR) is 74.6 cm³/mol. The van der Waals surface area contributed by atoms with Gasteiger partial charge in [0.05, 0.1) is 0 Å². The van der Waals surface area contributed by atoms with Crippen molar-refractivity contribution in [1.82, 2.24) is 0 Å². The molecular formula is C15H16O9. The van der Waals surface area contributed by atoms with Crippen LogP contribution in [0.3, 0.4) is 0 Å². The lowest BCUT2D eigenvalue weighted by molar-refractivity contribution is -0.154. The van der Waals surface area contributed by atoms with Gasteiger partial charge in [0.25, 0.3) is 0 Å². The van der Waals surface area contributed by atoms with Crippen molar-refractivity contribution in [2.24, 2.45) is 5.92 Å². The summed E-state index contributed by atoms with van der Waals surface area (Å²) in [7, 11) is 0. The molecule has 0 saturated carbocycles. The van der Waals surface area contributed by atoms with E-state index in [2.05, 4.69) is 30.8 Å². The number of esters is 1. The lowest BCUT2D eigenvalue weighted by Crippen LogP contribution is -2.28. The van der Waals surface area contributed by atoms with Gasteiger partial charge < -0.3 is 23.7 Å². The number of Topliss-reactive ketones (excluding diaryl/α,β-unsaturated/α-hetero) is 1. The van der Waals surface area contributed by atoms with Gasteiger partial charge in [0.2, 0.25) is 6.10 Å². The molecule has 0 aromatic rings. The summed E-state index contributed by atoms with van der Waals surface area (Å²) in [4.78, 5) is 45.0. The van der Waals surface area contributed by atoms with Gasteiger partial charge >= 0.3 is 18.3 Å². The van der Waals surface area contributed by atoms with Gasteiger partial charge in [-0.05, 0) is 6.92 Å². The van der Waals surface area contributed by atoms with Crippen molar-refractivity contribution in [3.05, 3.63) is 0 Å². The molecule has 2 aliphatic rings. The van der Waals surface area contributed by atoms with Gasteiger partial charge in [0, 0.05) is 12.3 Å². The van der Waals surface area contributed by atoms with Crippen LogP contribution in [0.4, 0.5) is 9.59 Å². The van der Waals surface area contributed by atoms with Crippen LogP contribution < -0.4 is 0 Å². The molecule has 0 radical (unpaired) electrons. The quantitative estimate of drug-likeness (QED) is 0.403. The second-order valence-corrected chi connectivity index (χ2v) is 5.27. The fourth-order valence-electron chi connectivity index (χ4n) is 1.95. The number of cyclic esters (lactones) is 4. The molecular weight excluding hydrogens is 324 g/mol. The lowest BCUT2D eigenvalue weighted by atomic mass is 10.0. The topological polar surface area (TPSA) is 114 Å². The highest BCUT2D eigenvalue weighted by Crippen LogP contribution is 2.13. The second-order valence-electron chi connectivity index (χ2n) is 5.27. The highest BCUT2D eigenvalue weighted by molar-refractivity contribution is 5.86. The maximum absolute atomic E-state index is 11.9. The van der Waals surface area contributed by atoms with E-state index >= 15 is 0 Å². The van der Waals surface area contributed by atoms with Crippen molar-refractivity contribution >= 4 is 24.1 Å². The van der Waals surface area contributed by atoms with Gasteiger partial charge in [-0.25, -0.2) is 14.4 Å². The van der Waals surface area contributed by atoms with Crippen LogP contribution in [-0.4, -0.2) is 55.6 Å². The average Bonchev–Trinajstić information content (AvgIpc) is 3.14. The Bertz CT molecular complexity index is 550. The third kappa shape index (κ3) is 4.87. The third-order valence-corrected chi connectivity index (χ3v) is 3.14. The molecule has 2 saturated heterocycles. The normalized spacial score (nSPS) is 24.4. The van der Waals surface area contributed by atoms with E-state index in [0.29, 0.717) is 0 Å². The van der Waals surface area contributed by atoms with E-state index < -0.39 is 36.6 Å². The largest absolute Gasteiger partial charge is 0.509 e. The van der Waals surface area contributed by atoms with Gasteiger partial charge in [-0.3, -0.25) is 4.79 Å². The van der Waals surface area contributed by atoms with Gasteiger partial charge in [0.1, 0.15) is 13.2 Å². The fraction of sp³-hybridized carbons (Fsp3) is 0.600. The monoisotopic (exact) mass is 340 g/mol. The van der Waals surface area contributed by atoms with Crippen LogP contribution in [0.1, 0.15) is 20.3 Å². The molecule has 0 bridgehead atoms. The van der Waals surface area contributed by atoms with Crippen LogP contribution in [0, 0.1) is 17.8 Å². The number of carbonyl (C=O) groups is 4. The Kier molecular flexibility index (Phi) is 5.63.